The predicted molar refractivity (Wildman–Crippen MR) is 106 cm³/mol. The minimum absolute atomic E-state index is 0.107. The van der Waals surface area contributed by atoms with Crippen LogP contribution in [0.4, 0.5) is 8.78 Å². The molecule has 0 spiro atoms. The molecule has 0 unspecified atom stereocenters. The number of alkyl halides is 2. The van der Waals surface area contributed by atoms with Crippen LogP contribution in [0.15, 0.2) is 47.8 Å². The van der Waals surface area contributed by atoms with Crippen molar-refractivity contribution >= 4 is 34.6 Å². The van der Waals surface area contributed by atoms with Gasteiger partial charge in [-0.3, -0.25) is 0 Å². The summed E-state index contributed by atoms with van der Waals surface area (Å²) in [5.41, 5.74) is 2.41. The molecule has 0 amide bonds. The van der Waals surface area contributed by atoms with Crippen LogP contribution in [0.3, 0.4) is 0 Å². The molecule has 0 radical (unpaired) electrons. The van der Waals surface area contributed by atoms with Gasteiger partial charge in [-0.15, -0.1) is 11.3 Å². The van der Waals surface area contributed by atoms with Crippen LogP contribution in [0.25, 0.3) is 22.9 Å². The van der Waals surface area contributed by atoms with Crippen LogP contribution < -0.4 is 9.47 Å². The molecule has 0 saturated heterocycles. The number of rotatable bonds is 6. The van der Waals surface area contributed by atoms with Crippen molar-refractivity contribution in [3.8, 4) is 28.8 Å². The van der Waals surface area contributed by atoms with E-state index in [-0.39, 0.29) is 11.5 Å². The number of hydrogen-bond acceptors (Lipinski definition) is 5. The fraction of sp³-hybridized carbons (Fsp3) is 0.100. The standard InChI is InChI=1S/C20H13ClF2N2O2S/c1-26-17-7-2-12(9-18(17)27-20(22)23)8-14(10-24)19-25-16(11-28-19)13-3-5-15(21)6-4-13/h2-9,11,20H,1H3/b14-8+. The number of methoxy groups -OCH3 is 1. The van der Waals surface area contributed by atoms with Gasteiger partial charge in [0, 0.05) is 16.0 Å². The van der Waals surface area contributed by atoms with Crippen molar-refractivity contribution in [2.45, 2.75) is 6.61 Å². The summed E-state index contributed by atoms with van der Waals surface area (Å²) in [7, 11) is 1.36. The second kappa shape index (κ2) is 8.83. The molecule has 0 aliphatic heterocycles. The lowest BCUT2D eigenvalue weighted by molar-refractivity contribution is -0.0512. The summed E-state index contributed by atoms with van der Waals surface area (Å²) in [6, 6.07) is 13.8. The first-order valence-electron chi connectivity index (χ1n) is 7.96. The van der Waals surface area contributed by atoms with E-state index in [4.69, 9.17) is 16.3 Å². The number of thiazole rings is 1. The van der Waals surface area contributed by atoms with Gasteiger partial charge in [0.05, 0.1) is 18.4 Å². The number of ether oxygens (including phenoxy) is 2. The maximum absolute atomic E-state index is 12.6. The van der Waals surface area contributed by atoms with Crippen LogP contribution in [0.2, 0.25) is 5.02 Å². The molecule has 28 heavy (non-hydrogen) atoms. The normalized spacial score (nSPS) is 11.4. The molecule has 3 rings (SSSR count). The van der Waals surface area contributed by atoms with E-state index in [0.29, 0.717) is 26.9 Å². The quantitative estimate of drug-likeness (QED) is 0.451. The Hall–Kier alpha value is -2.95. The van der Waals surface area contributed by atoms with Gasteiger partial charge < -0.3 is 9.47 Å². The molecule has 0 saturated carbocycles. The van der Waals surface area contributed by atoms with Gasteiger partial charge in [0.25, 0.3) is 0 Å². The van der Waals surface area contributed by atoms with Gasteiger partial charge in [0.1, 0.15) is 11.1 Å². The zero-order valence-electron chi connectivity index (χ0n) is 14.5. The average Bonchev–Trinajstić information content (AvgIpc) is 3.16. The van der Waals surface area contributed by atoms with E-state index in [1.807, 2.05) is 17.5 Å². The Morgan fingerprint density at radius 3 is 2.61 bits per heavy atom. The Balaban J connectivity index is 1.92. The molecule has 142 valence electrons. The molecule has 0 aliphatic carbocycles. The Morgan fingerprint density at radius 2 is 1.96 bits per heavy atom. The van der Waals surface area contributed by atoms with Crippen molar-refractivity contribution in [1.82, 2.24) is 4.98 Å². The van der Waals surface area contributed by atoms with E-state index in [2.05, 4.69) is 15.8 Å². The zero-order chi connectivity index (χ0) is 20.1. The maximum atomic E-state index is 12.6. The SMILES string of the molecule is COc1ccc(/C=C(\C#N)c2nc(-c3ccc(Cl)cc3)cs2)cc1OC(F)F. The van der Waals surface area contributed by atoms with Gasteiger partial charge in [-0.25, -0.2) is 4.98 Å². The highest BCUT2D eigenvalue weighted by Gasteiger charge is 2.13. The number of halogens is 3. The summed E-state index contributed by atoms with van der Waals surface area (Å²) in [4.78, 5) is 4.49. The lowest BCUT2D eigenvalue weighted by Gasteiger charge is -2.10. The highest BCUT2D eigenvalue weighted by molar-refractivity contribution is 7.11. The van der Waals surface area contributed by atoms with Gasteiger partial charge in [-0.1, -0.05) is 29.8 Å². The molecule has 0 atom stereocenters. The van der Waals surface area contributed by atoms with Gasteiger partial charge in [0.15, 0.2) is 11.5 Å². The first-order chi connectivity index (χ1) is 13.5. The third-order valence-electron chi connectivity index (χ3n) is 3.71. The molecular formula is C20H13ClF2N2O2S. The molecule has 8 heteroatoms. The Labute approximate surface area is 169 Å². The second-order valence-corrected chi connectivity index (χ2v) is 6.80. The van der Waals surface area contributed by atoms with Crippen LogP contribution in [0.1, 0.15) is 10.6 Å². The summed E-state index contributed by atoms with van der Waals surface area (Å²) >= 11 is 7.21. The monoisotopic (exact) mass is 418 g/mol. The Bertz CT molecular complexity index is 1040. The number of allylic oxidation sites excluding steroid dienone is 1. The van der Waals surface area contributed by atoms with E-state index in [9.17, 15) is 14.0 Å². The minimum atomic E-state index is -2.98. The Morgan fingerprint density at radius 1 is 1.21 bits per heavy atom. The number of aromatic nitrogens is 1. The van der Waals surface area contributed by atoms with Crippen molar-refractivity contribution in [3.05, 3.63) is 63.4 Å². The molecule has 2 aromatic carbocycles. The summed E-state index contributed by atoms with van der Waals surface area (Å²) in [5, 5.41) is 12.5. The molecule has 1 heterocycles. The first kappa shape index (κ1) is 19.8. The highest BCUT2D eigenvalue weighted by Crippen LogP contribution is 2.32. The average molecular weight is 419 g/mol. The summed E-state index contributed by atoms with van der Waals surface area (Å²) < 4.78 is 34.7. The zero-order valence-corrected chi connectivity index (χ0v) is 16.1. The van der Waals surface area contributed by atoms with E-state index in [1.54, 1.807) is 24.3 Å². The molecule has 0 fully saturated rings. The summed E-state index contributed by atoms with van der Waals surface area (Å²) in [6.45, 7) is -2.98. The highest BCUT2D eigenvalue weighted by atomic mass is 35.5. The van der Waals surface area contributed by atoms with Crippen molar-refractivity contribution in [1.29, 1.82) is 5.26 Å². The van der Waals surface area contributed by atoms with Gasteiger partial charge in [-0.2, -0.15) is 14.0 Å². The molecule has 4 nitrogen and oxygen atoms in total. The lowest BCUT2D eigenvalue weighted by Crippen LogP contribution is -2.03. The third-order valence-corrected chi connectivity index (χ3v) is 4.84. The summed E-state index contributed by atoms with van der Waals surface area (Å²) in [5.74, 6) is 0.0692. The van der Waals surface area contributed by atoms with E-state index < -0.39 is 6.61 Å². The van der Waals surface area contributed by atoms with Crippen molar-refractivity contribution in [2.24, 2.45) is 0 Å². The molecular weight excluding hydrogens is 406 g/mol. The number of benzene rings is 2. The smallest absolute Gasteiger partial charge is 0.387 e. The predicted octanol–water partition coefficient (Wildman–Crippen LogP) is 6.14. The molecule has 0 bridgehead atoms. The first-order valence-corrected chi connectivity index (χ1v) is 9.22. The molecule has 3 aromatic rings. The van der Waals surface area contributed by atoms with E-state index >= 15 is 0 Å². The van der Waals surface area contributed by atoms with Gasteiger partial charge in [0.2, 0.25) is 0 Å². The van der Waals surface area contributed by atoms with Crippen LogP contribution >= 0.6 is 22.9 Å². The fourth-order valence-electron chi connectivity index (χ4n) is 2.43. The van der Waals surface area contributed by atoms with Gasteiger partial charge in [-0.05, 0) is 35.9 Å². The third kappa shape index (κ3) is 4.66. The van der Waals surface area contributed by atoms with Crippen LogP contribution in [-0.2, 0) is 0 Å². The molecule has 1 aromatic heterocycles. The number of nitriles is 1. The van der Waals surface area contributed by atoms with Gasteiger partial charge >= 0.3 is 6.61 Å². The van der Waals surface area contributed by atoms with E-state index in [1.165, 1.54) is 30.6 Å². The topological polar surface area (TPSA) is 55.1 Å². The summed E-state index contributed by atoms with van der Waals surface area (Å²) in [6.07, 6.45) is 1.56. The largest absolute Gasteiger partial charge is 0.493 e. The van der Waals surface area contributed by atoms with Crippen LogP contribution in [-0.4, -0.2) is 18.7 Å². The van der Waals surface area contributed by atoms with Crippen molar-refractivity contribution < 1.29 is 18.3 Å². The number of hydrogen-bond donors (Lipinski definition) is 0. The van der Waals surface area contributed by atoms with Crippen molar-refractivity contribution in [2.75, 3.05) is 7.11 Å². The van der Waals surface area contributed by atoms with E-state index in [0.717, 1.165) is 5.56 Å². The minimum Gasteiger partial charge on any atom is -0.493 e. The number of nitrogens with zero attached hydrogens (tertiary/aromatic N) is 2. The van der Waals surface area contributed by atoms with Crippen LogP contribution in [0, 0.1) is 11.3 Å². The van der Waals surface area contributed by atoms with Crippen LogP contribution in [0.5, 0.6) is 11.5 Å². The fourth-order valence-corrected chi connectivity index (χ4v) is 3.35. The lowest BCUT2D eigenvalue weighted by atomic mass is 10.1. The molecule has 0 aliphatic rings. The molecule has 0 N–H and O–H groups in total. The maximum Gasteiger partial charge on any atom is 0.387 e. The van der Waals surface area contributed by atoms with Crippen molar-refractivity contribution in [3.63, 3.8) is 0 Å². The second-order valence-electron chi connectivity index (χ2n) is 5.50. The Kier molecular flexibility index (Phi) is 6.24.